The Morgan fingerprint density at radius 1 is 1.42 bits per heavy atom. The van der Waals surface area contributed by atoms with Crippen LogP contribution < -0.4 is 5.32 Å². The highest BCUT2D eigenvalue weighted by atomic mass is 32.2. The van der Waals surface area contributed by atoms with E-state index in [1.165, 1.54) is 24.6 Å². The molecule has 1 fully saturated rings. The molecule has 0 aromatic rings. The fourth-order valence-corrected chi connectivity index (χ4v) is 5.63. The maximum atomic E-state index is 11.7. The van der Waals surface area contributed by atoms with Crippen molar-refractivity contribution in [3.63, 3.8) is 0 Å². The molecule has 0 aliphatic carbocycles. The monoisotopic (exact) mass is 307 g/mol. The number of unbranched alkanes of at least 4 members (excludes halogenated alkanes) is 2. The second-order valence-corrected chi connectivity index (χ2v) is 8.82. The summed E-state index contributed by atoms with van der Waals surface area (Å²) in [6.45, 7) is 4.19. The van der Waals surface area contributed by atoms with Gasteiger partial charge < -0.3 is 5.32 Å². The molecule has 2 atom stereocenters. The summed E-state index contributed by atoms with van der Waals surface area (Å²) in [6, 6.07) is 0.215. The Morgan fingerprint density at radius 2 is 2.16 bits per heavy atom. The van der Waals surface area contributed by atoms with Crippen molar-refractivity contribution in [3.05, 3.63) is 0 Å². The molecule has 2 unspecified atom stereocenters. The van der Waals surface area contributed by atoms with Crippen LogP contribution >= 0.6 is 11.8 Å². The minimum Gasteiger partial charge on any atom is -0.353 e. The number of thioether (sulfide) groups is 1. The molecule has 0 radical (unpaired) electrons. The van der Waals surface area contributed by atoms with Gasteiger partial charge in [0.05, 0.1) is 17.3 Å². The lowest BCUT2D eigenvalue weighted by molar-refractivity contribution is -0.119. The predicted molar refractivity (Wildman–Crippen MR) is 81.3 cm³/mol. The van der Waals surface area contributed by atoms with Crippen LogP contribution in [0.25, 0.3) is 0 Å². The molecule has 0 bridgehead atoms. The van der Waals surface area contributed by atoms with Gasteiger partial charge in [-0.05, 0) is 19.8 Å². The van der Waals surface area contributed by atoms with Crippen LogP contribution in [-0.2, 0) is 14.6 Å². The average Bonchev–Trinajstić information content (AvgIpc) is 2.67. The fraction of sp³-hybridized carbons (Fsp3) is 0.923. The van der Waals surface area contributed by atoms with Crippen molar-refractivity contribution in [1.29, 1.82) is 0 Å². The van der Waals surface area contributed by atoms with Gasteiger partial charge in [0.15, 0.2) is 9.84 Å². The molecule has 19 heavy (non-hydrogen) atoms. The number of rotatable bonds is 8. The van der Waals surface area contributed by atoms with Gasteiger partial charge in [-0.1, -0.05) is 26.2 Å². The molecule has 6 heteroatoms. The first-order valence-electron chi connectivity index (χ1n) is 7.04. The third-order valence-corrected chi connectivity index (χ3v) is 6.57. The predicted octanol–water partition coefficient (Wildman–Crippen LogP) is 1.99. The molecule has 0 aromatic heterocycles. The first-order chi connectivity index (χ1) is 8.93. The zero-order valence-corrected chi connectivity index (χ0v) is 13.5. The molecular weight excluding hydrogens is 282 g/mol. The summed E-state index contributed by atoms with van der Waals surface area (Å²) in [6.07, 6.45) is 5.24. The summed E-state index contributed by atoms with van der Waals surface area (Å²) in [4.78, 5) is 11.7. The van der Waals surface area contributed by atoms with Crippen LogP contribution in [0.3, 0.4) is 0 Å². The van der Waals surface area contributed by atoms with Crippen molar-refractivity contribution in [2.75, 3.05) is 17.3 Å². The van der Waals surface area contributed by atoms with Gasteiger partial charge in [0.1, 0.15) is 0 Å². The summed E-state index contributed by atoms with van der Waals surface area (Å²) >= 11 is 1.47. The van der Waals surface area contributed by atoms with Gasteiger partial charge in [0.25, 0.3) is 0 Å². The Balaban J connectivity index is 2.14. The van der Waals surface area contributed by atoms with Crippen LogP contribution in [0.2, 0.25) is 0 Å². The van der Waals surface area contributed by atoms with E-state index in [4.69, 9.17) is 0 Å². The number of hydrogen-bond donors (Lipinski definition) is 1. The van der Waals surface area contributed by atoms with Gasteiger partial charge in [-0.15, -0.1) is 11.8 Å². The third kappa shape index (κ3) is 7.20. The largest absolute Gasteiger partial charge is 0.353 e. The zero-order chi connectivity index (χ0) is 14.3. The molecule has 1 N–H and O–H groups in total. The van der Waals surface area contributed by atoms with E-state index in [2.05, 4.69) is 12.2 Å². The normalized spacial score (nSPS) is 23.2. The van der Waals surface area contributed by atoms with E-state index in [0.717, 1.165) is 12.8 Å². The lowest BCUT2D eigenvalue weighted by Crippen LogP contribution is -2.34. The van der Waals surface area contributed by atoms with Crippen LogP contribution in [-0.4, -0.2) is 42.9 Å². The minimum atomic E-state index is -2.83. The van der Waals surface area contributed by atoms with Gasteiger partial charge in [0.2, 0.25) is 5.91 Å². The van der Waals surface area contributed by atoms with Crippen LogP contribution in [0.4, 0.5) is 0 Å². The second-order valence-electron chi connectivity index (χ2n) is 5.30. The van der Waals surface area contributed by atoms with Crippen molar-refractivity contribution >= 4 is 27.5 Å². The minimum absolute atomic E-state index is 0.0262. The first kappa shape index (κ1) is 16.8. The van der Waals surface area contributed by atoms with Crippen LogP contribution in [0.15, 0.2) is 0 Å². The number of nitrogens with one attached hydrogen (secondary N) is 1. The van der Waals surface area contributed by atoms with E-state index in [9.17, 15) is 13.2 Å². The molecule has 0 aromatic carbocycles. The molecule has 1 rings (SSSR count). The number of carbonyl (C=O) groups is 1. The molecule has 1 amide bonds. The Kier molecular flexibility index (Phi) is 7.21. The SMILES string of the molecule is CCCCCC(C)NC(=O)CSC1CCS(=O)(=O)C1. The van der Waals surface area contributed by atoms with E-state index in [1.54, 1.807) is 0 Å². The highest BCUT2D eigenvalue weighted by Gasteiger charge is 2.28. The molecule has 1 heterocycles. The van der Waals surface area contributed by atoms with Crippen molar-refractivity contribution in [1.82, 2.24) is 5.32 Å². The molecule has 1 saturated heterocycles. The quantitative estimate of drug-likeness (QED) is 0.697. The smallest absolute Gasteiger partial charge is 0.230 e. The fourth-order valence-electron chi connectivity index (χ4n) is 2.18. The van der Waals surface area contributed by atoms with Crippen molar-refractivity contribution in [2.45, 2.75) is 57.2 Å². The topological polar surface area (TPSA) is 63.2 Å². The van der Waals surface area contributed by atoms with E-state index in [1.807, 2.05) is 6.92 Å². The number of amides is 1. The van der Waals surface area contributed by atoms with Crippen molar-refractivity contribution in [3.8, 4) is 0 Å². The Morgan fingerprint density at radius 3 is 2.74 bits per heavy atom. The molecule has 1 aliphatic rings. The van der Waals surface area contributed by atoms with Crippen LogP contribution in [0.5, 0.6) is 0 Å². The molecule has 0 spiro atoms. The first-order valence-corrected chi connectivity index (χ1v) is 9.91. The lowest BCUT2D eigenvalue weighted by Gasteiger charge is -2.14. The number of hydrogen-bond acceptors (Lipinski definition) is 4. The Bertz CT molecular complexity index is 381. The highest BCUT2D eigenvalue weighted by molar-refractivity contribution is 8.02. The number of carbonyl (C=O) groups excluding carboxylic acids is 1. The van der Waals surface area contributed by atoms with Crippen molar-refractivity contribution in [2.24, 2.45) is 0 Å². The van der Waals surface area contributed by atoms with E-state index in [-0.39, 0.29) is 28.7 Å². The van der Waals surface area contributed by atoms with E-state index >= 15 is 0 Å². The van der Waals surface area contributed by atoms with Crippen LogP contribution in [0, 0.1) is 0 Å². The van der Waals surface area contributed by atoms with Gasteiger partial charge in [-0.2, -0.15) is 0 Å². The van der Waals surface area contributed by atoms with Gasteiger partial charge in [0, 0.05) is 11.3 Å². The molecule has 0 saturated carbocycles. The Hall–Kier alpha value is -0.230. The zero-order valence-electron chi connectivity index (χ0n) is 11.9. The summed E-state index contributed by atoms with van der Waals surface area (Å²) in [5.41, 5.74) is 0. The summed E-state index contributed by atoms with van der Waals surface area (Å²) in [5.74, 6) is 0.910. The lowest BCUT2D eigenvalue weighted by atomic mass is 10.1. The summed E-state index contributed by atoms with van der Waals surface area (Å²) in [5, 5.41) is 3.08. The molecular formula is C13H25NO3S2. The molecule has 4 nitrogen and oxygen atoms in total. The summed E-state index contributed by atoms with van der Waals surface area (Å²) < 4.78 is 22.6. The van der Waals surface area contributed by atoms with E-state index < -0.39 is 9.84 Å². The third-order valence-electron chi connectivity index (χ3n) is 3.29. The van der Waals surface area contributed by atoms with Gasteiger partial charge >= 0.3 is 0 Å². The van der Waals surface area contributed by atoms with Crippen LogP contribution in [0.1, 0.15) is 46.0 Å². The summed E-state index contributed by atoms with van der Waals surface area (Å²) in [7, 11) is -2.83. The second kappa shape index (κ2) is 8.15. The van der Waals surface area contributed by atoms with Gasteiger partial charge in [-0.25, -0.2) is 8.42 Å². The van der Waals surface area contributed by atoms with E-state index in [0.29, 0.717) is 12.2 Å². The Labute approximate surface area is 121 Å². The number of sulfone groups is 1. The van der Waals surface area contributed by atoms with Gasteiger partial charge in [-0.3, -0.25) is 4.79 Å². The standard InChI is InChI=1S/C13H25NO3S2/c1-3-4-5-6-11(2)14-13(15)9-18-12-7-8-19(16,17)10-12/h11-12H,3-10H2,1-2H3,(H,14,15). The molecule has 112 valence electrons. The maximum absolute atomic E-state index is 11.7. The average molecular weight is 307 g/mol. The highest BCUT2D eigenvalue weighted by Crippen LogP contribution is 2.23. The maximum Gasteiger partial charge on any atom is 0.230 e. The molecule has 1 aliphatic heterocycles. The van der Waals surface area contributed by atoms with Crippen molar-refractivity contribution < 1.29 is 13.2 Å².